The van der Waals surface area contributed by atoms with Crippen molar-refractivity contribution >= 4 is 15.9 Å². The molecule has 0 aromatic heterocycles. The Morgan fingerprint density at radius 3 is 2.47 bits per heavy atom. The molecule has 0 bridgehead atoms. The average molecular weight is 270 g/mol. The minimum absolute atomic E-state index is 0.0146. The summed E-state index contributed by atoms with van der Waals surface area (Å²) in [5, 5.41) is 9.34. The summed E-state index contributed by atoms with van der Waals surface area (Å²) in [4.78, 5) is 2.29. The van der Waals surface area contributed by atoms with Crippen molar-refractivity contribution < 1.29 is 5.11 Å². The van der Waals surface area contributed by atoms with Gasteiger partial charge in [-0.25, -0.2) is 0 Å². The van der Waals surface area contributed by atoms with Gasteiger partial charge >= 0.3 is 0 Å². The summed E-state index contributed by atoms with van der Waals surface area (Å²) in [7, 11) is 0. The van der Waals surface area contributed by atoms with Gasteiger partial charge in [0.1, 0.15) is 0 Å². The van der Waals surface area contributed by atoms with E-state index in [-0.39, 0.29) is 11.6 Å². The van der Waals surface area contributed by atoms with E-state index in [1.807, 2.05) is 6.07 Å². The Morgan fingerprint density at radius 1 is 1.33 bits per heavy atom. The summed E-state index contributed by atoms with van der Waals surface area (Å²) in [5.41, 5.74) is 1.26. The standard InChI is InChI=1S/C12H16BrNO/c1-12(2,14-7-9(15)8-14)10-5-3-4-6-11(10)13/h3-6,9,15H,7-8H2,1-2H3. The van der Waals surface area contributed by atoms with E-state index < -0.39 is 0 Å². The van der Waals surface area contributed by atoms with Gasteiger partial charge < -0.3 is 5.11 Å². The van der Waals surface area contributed by atoms with Crippen LogP contribution < -0.4 is 0 Å². The molecule has 82 valence electrons. The van der Waals surface area contributed by atoms with Crippen LogP contribution in [0.25, 0.3) is 0 Å². The number of halogens is 1. The fraction of sp³-hybridized carbons (Fsp3) is 0.500. The molecule has 1 saturated heterocycles. The molecule has 2 rings (SSSR count). The van der Waals surface area contributed by atoms with Crippen molar-refractivity contribution in [3.63, 3.8) is 0 Å². The molecule has 2 nitrogen and oxygen atoms in total. The van der Waals surface area contributed by atoms with Crippen LogP contribution in [0.3, 0.4) is 0 Å². The second kappa shape index (κ2) is 3.89. The zero-order chi connectivity index (χ0) is 11.1. The molecule has 3 heteroatoms. The van der Waals surface area contributed by atoms with Gasteiger partial charge in [-0.15, -0.1) is 0 Å². The summed E-state index contributed by atoms with van der Waals surface area (Å²) in [6.07, 6.45) is -0.147. The van der Waals surface area contributed by atoms with E-state index in [1.165, 1.54) is 5.56 Å². The predicted octanol–water partition coefficient (Wildman–Crippen LogP) is 2.36. The lowest BCUT2D eigenvalue weighted by molar-refractivity contribution is -0.0577. The van der Waals surface area contributed by atoms with Crippen LogP contribution >= 0.6 is 15.9 Å². The van der Waals surface area contributed by atoms with E-state index in [1.54, 1.807) is 0 Å². The van der Waals surface area contributed by atoms with E-state index in [0.29, 0.717) is 0 Å². The Kier molecular flexibility index (Phi) is 2.88. The highest BCUT2D eigenvalue weighted by Crippen LogP contribution is 2.35. The molecule has 0 aliphatic carbocycles. The molecule has 15 heavy (non-hydrogen) atoms. The first kappa shape index (κ1) is 11.1. The Labute approximate surface area is 99.0 Å². The summed E-state index contributed by atoms with van der Waals surface area (Å²) >= 11 is 3.58. The van der Waals surface area contributed by atoms with E-state index in [4.69, 9.17) is 0 Å². The first-order valence-electron chi connectivity index (χ1n) is 5.20. The second-order valence-electron chi connectivity index (χ2n) is 4.60. The van der Waals surface area contributed by atoms with Crippen LogP contribution in [0.5, 0.6) is 0 Å². The molecule has 1 aliphatic rings. The molecule has 0 spiro atoms. The van der Waals surface area contributed by atoms with Crippen molar-refractivity contribution in [3.8, 4) is 0 Å². The second-order valence-corrected chi connectivity index (χ2v) is 5.45. The molecule has 0 unspecified atom stereocenters. The number of β-amino-alcohol motifs (C(OH)–C–C–N with tert-alkyl or cyclic N) is 1. The number of aliphatic hydroxyl groups excluding tert-OH is 1. The van der Waals surface area contributed by atoms with Crippen LogP contribution in [0.1, 0.15) is 19.4 Å². The van der Waals surface area contributed by atoms with Crippen molar-refractivity contribution in [2.24, 2.45) is 0 Å². The molecule has 1 aromatic carbocycles. The summed E-state index contributed by atoms with van der Waals surface area (Å²) in [5.74, 6) is 0. The Morgan fingerprint density at radius 2 is 1.93 bits per heavy atom. The van der Waals surface area contributed by atoms with Gasteiger partial charge in [0.05, 0.1) is 6.10 Å². The van der Waals surface area contributed by atoms with Crippen molar-refractivity contribution in [3.05, 3.63) is 34.3 Å². The van der Waals surface area contributed by atoms with Gasteiger partial charge in [-0.1, -0.05) is 34.1 Å². The third-order valence-electron chi connectivity index (χ3n) is 3.19. The molecule has 0 saturated carbocycles. The maximum absolute atomic E-state index is 9.34. The summed E-state index contributed by atoms with van der Waals surface area (Å²) < 4.78 is 1.14. The maximum Gasteiger partial charge on any atom is 0.0794 e. The molecular formula is C12H16BrNO. The number of aliphatic hydroxyl groups is 1. The van der Waals surface area contributed by atoms with Crippen molar-refractivity contribution in [1.82, 2.24) is 4.90 Å². The first-order valence-corrected chi connectivity index (χ1v) is 5.99. The fourth-order valence-corrected chi connectivity index (χ4v) is 2.81. The van der Waals surface area contributed by atoms with E-state index in [0.717, 1.165) is 17.6 Å². The highest BCUT2D eigenvalue weighted by molar-refractivity contribution is 9.10. The lowest BCUT2D eigenvalue weighted by Crippen LogP contribution is -2.58. The van der Waals surface area contributed by atoms with E-state index in [9.17, 15) is 5.11 Å². The third-order valence-corrected chi connectivity index (χ3v) is 3.88. The van der Waals surface area contributed by atoms with E-state index in [2.05, 4.69) is 52.9 Å². The minimum atomic E-state index is -0.147. The highest BCUT2D eigenvalue weighted by atomic mass is 79.9. The Hall–Kier alpha value is -0.380. The SMILES string of the molecule is CC(C)(c1ccccc1Br)N1CC(O)C1. The van der Waals surface area contributed by atoms with Gasteiger partial charge in [-0.2, -0.15) is 0 Å². The zero-order valence-electron chi connectivity index (χ0n) is 9.07. The van der Waals surface area contributed by atoms with Crippen molar-refractivity contribution in [2.45, 2.75) is 25.5 Å². The smallest absolute Gasteiger partial charge is 0.0794 e. The molecule has 0 atom stereocenters. The molecule has 1 heterocycles. The largest absolute Gasteiger partial charge is 0.390 e. The highest BCUT2D eigenvalue weighted by Gasteiger charge is 2.38. The average Bonchev–Trinajstić information content (AvgIpc) is 2.13. The minimum Gasteiger partial charge on any atom is -0.390 e. The topological polar surface area (TPSA) is 23.5 Å². The van der Waals surface area contributed by atoms with Crippen LogP contribution in [0.15, 0.2) is 28.7 Å². The van der Waals surface area contributed by atoms with Crippen molar-refractivity contribution in [1.29, 1.82) is 0 Å². The van der Waals surface area contributed by atoms with Crippen LogP contribution in [0, 0.1) is 0 Å². The number of hydrogen-bond donors (Lipinski definition) is 1. The normalized spacial score (nSPS) is 18.9. The van der Waals surface area contributed by atoms with Gasteiger partial charge in [0.15, 0.2) is 0 Å². The van der Waals surface area contributed by atoms with Crippen molar-refractivity contribution in [2.75, 3.05) is 13.1 Å². The number of hydrogen-bond acceptors (Lipinski definition) is 2. The molecule has 1 N–H and O–H groups in total. The van der Waals surface area contributed by atoms with Crippen LogP contribution in [-0.4, -0.2) is 29.2 Å². The predicted molar refractivity (Wildman–Crippen MR) is 64.7 cm³/mol. The molecule has 0 amide bonds. The van der Waals surface area contributed by atoms with Gasteiger partial charge in [0, 0.05) is 23.1 Å². The zero-order valence-corrected chi connectivity index (χ0v) is 10.7. The molecule has 1 aliphatic heterocycles. The summed E-state index contributed by atoms with van der Waals surface area (Å²) in [6.45, 7) is 5.93. The monoisotopic (exact) mass is 269 g/mol. The lowest BCUT2D eigenvalue weighted by atomic mass is 9.89. The first-order chi connectivity index (χ1) is 7.01. The fourth-order valence-electron chi connectivity index (χ4n) is 2.04. The van der Waals surface area contributed by atoms with E-state index >= 15 is 0 Å². The van der Waals surface area contributed by atoms with Gasteiger partial charge in [-0.3, -0.25) is 4.90 Å². The molecule has 0 radical (unpaired) electrons. The number of benzene rings is 1. The maximum atomic E-state index is 9.34. The van der Waals surface area contributed by atoms with Crippen LogP contribution in [-0.2, 0) is 5.54 Å². The quantitative estimate of drug-likeness (QED) is 0.891. The number of nitrogens with zero attached hydrogens (tertiary/aromatic N) is 1. The number of rotatable bonds is 2. The lowest BCUT2D eigenvalue weighted by Gasteiger charge is -2.47. The Balaban J connectivity index is 2.25. The molecule has 1 aromatic rings. The van der Waals surface area contributed by atoms with Crippen LogP contribution in [0.4, 0.5) is 0 Å². The summed E-state index contributed by atoms with van der Waals surface area (Å²) in [6, 6.07) is 8.27. The Bertz CT molecular complexity index is 358. The van der Waals surface area contributed by atoms with Gasteiger partial charge in [0.2, 0.25) is 0 Å². The number of likely N-dealkylation sites (tertiary alicyclic amines) is 1. The van der Waals surface area contributed by atoms with Gasteiger partial charge in [-0.05, 0) is 25.5 Å². The third kappa shape index (κ3) is 1.96. The van der Waals surface area contributed by atoms with Crippen LogP contribution in [0.2, 0.25) is 0 Å². The molecule has 1 fully saturated rings. The van der Waals surface area contributed by atoms with Gasteiger partial charge in [0.25, 0.3) is 0 Å². The molecular weight excluding hydrogens is 254 g/mol.